The Balaban J connectivity index is 1.42. The molecule has 3 heteroatoms. The zero-order valence-electron chi connectivity index (χ0n) is 14.2. The summed E-state index contributed by atoms with van der Waals surface area (Å²) < 4.78 is 11.2. The number of hydrogen-bond acceptors (Lipinski definition) is 3. The number of Topliss-reactive ketones (excluding diaryl/α,β-unsaturated/α-hetero) is 1. The Morgan fingerprint density at radius 2 is 1.08 bits per heavy atom. The van der Waals surface area contributed by atoms with E-state index in [9.17, 15) is 4.79 Å². The second-order valence-electron chi connectivity index (χ2n) is 5.82. The molecule has 0 aliphatic carbocycles. The smallest absolute Gasteiger partial charge is 0.133 e. The zero-order chi connectivity index (χ0) is 16.9. The van der Waals surface area contributed by atoms with Gasteiger partial charge in [-0.3, -0.25) is 4.79 Å². The molecule has 2 aromatic carbocycles. The normalized spacial score (nSPS) is 10.7. The third kappa shape index (κ3) is 8.04. The average Bonchev–Trinajstić information content (AvgIpc) is 2.63. The molecule has 24 heavy (non-hydrogen) atoms. The van der Waals surface area contributed by atoms with Crippen LogP contribution in [0.1, 0.15) is 36.8 Å². The first-order valence-electron chi connectivity index (χ1n) is 8.59. The molecule has 3 nitrogen and oxygen atoms in total. The van der Waals surface area contributed by atoms with E-state index in [4.69, 9.17) is 9.47 Å². The van der Waals surface area contributed by atoms with E-state index >= 15 is 0 Å². The topological polar surface area (TPSA) is 35.5 Å². The first-order chi connectivity index (χ1) is 11.8. The van der Waals surface area contributed by atoms with Gasteiger partial charge < -0.3 is 9.47 Å². The van der Waals surface area contributed by atoms with Crippen LogP contribution >= 0.6 is 0 Å². The average molecular weight is 326 g/mol. The molecule has 0 saturated heterocycles. The maximum atomic E-state index is 11.8. The molecule has 0 N–H and O–H groups in total. The van der Waals surface area contributed by atoms with E-state index in [0.717, 1.165) is 12.8 Å². The third-order valence-corrected chi connectivity index (χ3v) is 3.71. The molecule has 0 amide bonds. The third-order valence-electron chi connectivity index (χ3n) is 3.71. The molecule has 0 unspecified atom stereocenters. The highest BCUT2D eigenvalue weighted by Gasteiger charge is 2.02. The Kier molecular flexibility index (Phi) is 8.84. The van der Waals surface area contributed by atoms with Crippen molar-refractivity contribution >= 4 is 5.78 Å². The quantitative estimate of drug-likeness (QED) is 0.537. The van der Waals surface area contributed by atoms with Gasteiger partial charge in [-0.2, -0.15) is 0 Å². The number of hydrogen-bond donors (Lipinski definition) is 0. The fourth-order valence-electron chi connectivity index (χ4n) is 2.40. The fraction of sp³-hybridized carbons (Fsp3) is 0.381. The van der Waals surface area contributed by atoms with Crippen LogP contribution in [0, 0.1) is 0 Å². The lowest BCUT2D eigenvalue weighted by Gasteiger charge is -2.05. The van der Waals surface area contributed by atoms with Gasteiger partial charge >= 0.3 is 0 Å². The zero-order valence-corrected chi connectivity index (χ0v) is 14.2. The van der Waals surface area contributed by atoms with Gasteiger partial charge in [-0.25, -0.2) is 0 Å². The van der Waals surface area contributed by atoms with E-state index in [-0.39, 0.29) is 0 Å². The molecule has 0 aliphatic heterocycles. The summed E-state index contributed by atoms with van der Waals surface area (Å²) in [6.45, 7) is 2.49. The summed E-state index contributed by atoms with van der Waals surface area (Å²) in [5.41, 5.74) is 2.33. The predicted octanol–water partition coefficient (Wildman–Crippen LogP) is 4.55. The van der Waals surface area contributed by atoms with E-state index in [1.807, 2.05) is 60.7 Å². The number of benzene rings is 2. The van der Waals surface area contributed by atoms with Crippen LogP contribution in [0.4, 0.5) is 0 Å². The van der Waals surface area contributed by atoms with E-state index < -0.39 is 0 Å². The first-order valence-corrected chi connectivity index (χ1v) is 8.59. The number of carbonyl (C=O) groups excluding carboxylic acids is 1. The van der Waals surface area contributed by atoms with Crippen LogP contribution < -0.4 is 0 Å². The largest absolute Gasteiger partial charge is 0.377 e. The van der Waals surface area contributed by atoms with Crippen LogP contribution in [0.3, 0.4) is 0 Å². The minimum Gasteiger partial charge on any atom is -0.377 e. The minimum absolute atomic E-state index is 0.293. The Morgan fingerprint density at radius 1 is 0.667 bits per heavy atom. The lowest BCUT2D eigenvalue weighted by atomic mass is 10.1. The molecule has 0 aromatic heterocycles. The van der Waals surface area contributed by atoms with Crippen LogP contribution in [-0.2, 0) is 27.5 Å². The van der Waals surface area contributed by atoms with Gasteiger partial charge in [0.05, 0.1) is 13.2 Å². The maximum Gasteiger partial charge on any atom is 0.133 e. The minimum atomic E-state index is 0.293. The fourth-order valence-corrected chi connectivity index (χ4v) is 2.40. The highest BCUT2D eigenvalue weighted by molar-refractivity contribution is 5.78. The standard InChI is InChI=1S/C21H26O3/c22-21(13-7-15-23-17-19-9-3-1-4-10-19)14-8-16-24-18-20-11-5-2-6-12-20/h1-6,9-12H,7-8,13-18H2. The van der Waals surface area contributed by atoms with Gasteiger partial charge in [0.25, 0.3) is 0 Å². The second-order valence-corrected chi connectivity index (χ2v) is 5.82. The summed E-state index contributed by atoms with van der Waals surface area (Å²) in [6, 6.07) is 20.2. The van der Waals surface area contributed by atoms with E-state index in [1.165, 1.54) is 11.1 Å². The molecule has 0 radical (unpaired) electrons. The van der Waals surface area contributed by atoms with Gasteiger partial charge in [-0.15, -0.1) is 0 Å². The molecule has 0 heterocycles. The Bertz CT molecular complexity index is 515. The van der Waals surface area contributed by atoms with Gasteiger partial charge in [0.2, 0.25) is 0 Å². The van der Waals surface area contributed by atoms with Crippen LogP contribution in [0.2, 0.25) is 0 Å². The van der Waals surface area contributed by atoms with Crippen molar-refractivity contribution in [3.05, 3.63) is 71.8 Å². The van der Waals surface area contributed by atoms with Crippen LogP contribution in [0.25, 0.3) is 0 Å². The highest BCUT2D eigenvalue weighted by Crippen LogP contribution is 2.05. The van der Waals surface area contributed by atoms with E-state index in [1.54, 1.807) is 0 Å². The Morgan fingerprint density at radius 3 is 1.50 bits per heavy atom. The lowest BCUT2D eigenvalue weighted by molar-refractivity contribution is -0.119. The number of rotatable bonds is 12. The summed E-state index contributed by atoms with van der Waals surface area (Å²) in [5, 5.41) is 0. The van der Waals surface area contributed by atoms with Crippen LogP contribution in [0.15, 0.2) is 60.7 Å². The molecule has 0 spiro atoms. The lowest BCUT2D eigenvalue weighted by Crippen LogP contribution is -2.04. The molecule has 2 aromatic rings. The van der Waals surface area contributed by atoms with Crippen molar-refractivity contribution < 1.29 is 14.3 Å². The molecule has 0 atom stereocenters. The summed E-state index contributed by atoms with van der Waals surface area (Å²) in [7, 11) is 0. The Hall–Kier alpha value is -1.97. The summed E-state index contributed by atoms with van der Waals surface area (Å²) in [6.07, 6.45) is 2.76. The van der Waals surface area contributed by atoms with Gasteiger partial charge in [0, 0.05) is 26.1 Å². The number of ether oxygens (including phenoxy) is 2. The van der Waals surface area contributed by atoms with Crippen molar-refractivity contribution in [1.82, 2.24) is 0 Å². The molecule has 0 saturated carbocycles. The summed E-state index contributed by atoms with van der Waals surface area (Å²) in [4.78, 5) is 11.8. The SMILES string of the molecule is O=C(CCCOCc1ccccc1)CCCOCc1ccccc1. The molecule has 2 rings (SSSR count). The molecule has 0 fully saturated rings. The van der Waals surface area contributed by atoms with Crippen molar-refractivity contribution in [2.45, 2.75) is 38.9 Å². The van der Waals surface area contributed by atoms with Crippen LogP contribution in [-0.4, -0.2) is 19.0 Å². The number of ketones is 1. The second kappa shape index (κ2) is 11.5. The summed E-state index contributed by atoms with van der Waals surface area (Å²) >= 11 is 0. The molecular weight excluding hydrogens is 300 g/mol. The number of carbonyl (C=O) groups is 1. The van der Waals surface area contributed by atoms with Gasteiger partial charge in [-0.05, 0) is 24.0 Å². The molecular formula is C21H26O3. The molecule has 0 bridgehead atoms. The van der Waals surface area contributed by atoms with Crippen LogP contribution in [0.5, 0.6) is 0 Å². The first kappa shape index (κ1) is 18.4. The van der Waals surface area contributed by atoms with Crippen molar-refractivity contribution in [1.29, 1.82) is 0 Å². The van der Waals surface area contributed by atoms with E-state index in [0.29, 0.717) is 45.1 Å². The molecule has 0 aliphatic rings. The summed E-state index contributed by atoms with van der Waals surface area (Å²) in [5.74, 6) is 0.293. The highest BCUT2D eigenvalue weighted by atomic mass is 16.5. The van der Waals surface area contributed by atoms with Crippen molar-refractivity contribution in [3.63, 3.8) is 0 Å². The van der Waals surface area contributed by atoms with Crippen molar-refractivity contribution in [2.75, 3.05) is 13.2 Å². The van der Waals surface area contributed by atoms with Gasteiger partial charge in [0.1, 0.15) is 5.78 Å². The van der Waals surface area contributed by atoms with Crippen molar-refractivity contribution in [2.24, 2.45) is 0 Å². The van der Waals surface area contributed by atoms with E-state index in [2.05, 4.69) is 0 Å². The maximum absolute atomic E-state index is 11.8. The van der Waals surface area contributed by atoms with Crippen molar-refractivity contribution in [3.8, 4) is 0 Å². The monoisotopic (exact) mass is 326 g/mol. The predicted molar refractivity (Wildman–Crippen MR) is 95.7 cm³/mol. The molecule has 128 valence electrons. The van der Waals surface area contributed by atoms with Gasteiger partial charge in [0.15, 0.2) is 0 Å². The Labute approximate surface area is 144 Å². The van der Waals surface area contributed by atoms with Gasteiger partial charge in [-0.1, -0.05) is 60.7 Å².